The molecular formula is C15H18BrClN2OS. The molecule has 0 spiro atoms. The Morgan fingerprint density at radius 2 is 1.86 bits per heavy atom. The second-order valence-corrected chi connectivity index (χ2v) is 6.38. The summed E-state index contributed by atoms with van der Waals surface area (Å²) in [6, 6.07) is 12.0. The maximum Gasteiger partial charge on any atom is 0.261 e. The van der Waals surface area contributed by atoms with Crippen LogP contribution in [-0.2, 0) is 0 Å². The number of halogens is 2. The first-order chi connectivity index (χ1) is 9.70. The van der Waals surface area contributed by atoms with E-state index in [4.69, 9.17) is 0 Å². The summed E-state index contributed by atoms with van der Waals surface area (Å²) in [6.07, 6.45) is 0.938. The van der Waals surface area contributed by atoms with Crippen molar-refractivity contribution in [3.8, 4) is 10.4 Å². The van der Waals surface area contributed by atoms with Crippen molar-refractivity contribution in [1.29, 1.82) is 0 Å². The highest BCUT2D eigenvalue weighted by atomic mass is 79.9. The van der Waals surface area contributed by atoms with Gasteiger partial charge in [-0.15, -0.1) is 23.7 Å². The molecule has 3 nitrogen and oxygen atoms in total. The van der Waals surface area contributed by atoms with Crippen LogP contribution in [0.1, 0.15) is 16.1 Å². The fraction of sp³-hybridized carbons (Fsp3) is 0.267. The quantitative estimate of drug-likeness (QED) is 0.735. The minimum absolute atomic E-state index is 0. The fourth-order valence-corrected chi connectivity index (χ4v) is 2.98. The molecule has 2 rings (SSSR count). The zero-order valence-corrected chi connectivity index (χ0v) is 14.9. The molecule has 0 atom stereocenters. The summed E-state index contributed by atoms with van der Waals surface area (Å²) in [7, 11) is 1.91. The van der Waals surface area contributed by atoms with Gasteiger partial charge in [0.1, 0.15) is 0 Å². The van der Waals surface area contributed by atoms with Gasteiger partial charge >= 0.3 is 0 Å². The lowest BCUT2D eigenvalue weighted by molar-refractivity contribution is 0.0957. The molecule has 0 fully saturated rings. The summed E-state index contributed by atoms with van der Waals surface area (Å²) in [5.41, 5.74) is 1.13. The van der Waals surface area contributed by atoms with Crippen LogP contribution in [0.3, 0.4) is 0 Å². The van der Waals surface area contributed by atoms with Crippen LogP contribution in [-0.4, -0.2) is 26.0 Å². The van der Waals surface area contributed by atoms with Gasteiger partial charge in [0.2, 0.25) is 0 Å². The van der Waals surface area contributed by atoms with Gasteiger partial charge in [-0.25, -0.2) is 0 Å². The van der Waals surface area contributed by atoms with E-state index >= 15 is 0 Å². The first-order valence-electron chi connectivity index (χ1n) is 6.49. The molecular weight excluding hydrogens is 372 g/mol. The van der Waals surface area contributed by atoms with E-state index in [0.717, 1.165) is 32.8 Å². The molecule has 114 valence electrons. The number of rotatable bonds is 6. The molecule has 2 aromatic rings. The van der Waals surface area contributed by atoms with Crippen molar-refractivity contribution in [3.63, 3.8) is 0 Å². The zero-order chi connectivity index (χ0) is 14.4. The van der Waals surface area contributed by atoms with E-state index < -0.39 is 0 Å². The van der Waals surface area contributed by atoms with Crippen LogP contribution < -0.4 is 10.6 Å². The topological polar surface area (TPSA) is 41.1 Å². The maximum atomic E-state index is 12.0. The summed E-state index contributed by atoms with van der Waals surface area (Å²) in [6.45, 7) is 1.61. The molecule has 1 aromatic carbocycles. The number of hydrogen-bond acceptors (Lipinski definition) is 3. The molecule has 0 radical (unpaired) electrons. The van der Waals surface area contributed by atoms with Gasteiger partial charge in [0.05, 0.1) is 4.88 Å². The van der Waals surface area contributed by atoms with E-state index in [1.807, 2.05) is 43.4 Å². The van der Waals surface area contributed by atoms with Crippen molar-refractivity contribution >= 4 is 45.6 Å². The van der Waals surface area contributed by atoms with Crippen molar-refractivity contribution in [2.45, 2.75) is 6.42 Å². The molecule has 1 aromatic heterocycles. The molecule has 0 aliphatic rings. The third kappa shape index (κ3) is 5.43. The van der Waals surface area contributed by atoms with Crippen LogP contribution in [0.2, 0.25) is 0 Å². The van der Waals surface area contributed by atoms with Crippen LogP contribution >= 0.6 is 39.7 Å². The van der Waals surface area contributed by atoms with Gasteiger partial charge in [-0.05, 0) is 49.8 Å². The molecule has 0 aliphatic carbocycles. The monoisotopic (exact) mass is 388 g/mol. The Hall–Kier alpha value is -0.880. The standard InChI is InChI=1S/C15H17BrN2OS.ClH/c1-17-9-2-10-18-15(19)14-8-7-13(20-14)11-3-5-12(16)6-4-11;/h3-8,17H,2,9-10H2,1H3,(H,18,19);1H. The summed E-state index contributed by atoms with van der Waals surface area (Å²) in [4.78, 5) is 13.8. The molecule has 1 amide bonds. The molecule has 0 saturated carbocycles. The van der Waals surface area contributed by atoms with E-state index in [1.165, 1.54) is 11.3 Å². The third-order valence-electron chi connectivity index (χ3n) is 2.85. The highest BCUT2D eigenvalue weighted by Crippen LogP contribution is 2.29. The van der Waals surface area contributed by atoms with Crippen LogP contribution in [0.25, 0.3) is 10.4 Å². The highest BCUT2D eigenvalue weighted by molar-refractivity contribution is 9.10. The van der Waals surface area contributed by atoms with E-state index in [9.17, 15) is 4.79 Å². The largest absolute Gasteiger partial charge is 0.351 e. The van der Waals surface area contributed by atoms with Crippen molar-refractivity contribution in [2.24, 2.45) is 0 Å². The number of carbonyl (C=O) groups excluding carboxylic acids is 1. The number of nitrogens with one attached hydrogen (secondary N) is 2. The molecule has 0 aliphatic heterocycles. The Bertz CT molecular complexity index is 571. The van der Waals surface area contributed by atoms with Crippen molar-refractivity contribution in [2.75, 3.05) is 20.1 Å². The molecule has 0 saturated heterocycles. The van der Waals surface area contributed by atoms with Gasteiger partial charge in [0.15, 0.2) is 0 Å². The molecule has 21 heavy (non-hydrogen) atoms. The van der Waals surface area contributed by atoms with Gasteiger partial charge in [-0.2, -0.15) is 0 Å². The van der Waals surface area contributed by atoms with Gasteiger partial charge < -0.3 is 10.6 Å². The van der Waals surface area contributed by atoms with Crippen LogP contribution in [0.4, 0.5) is 0 Å². The van der Waals surface area contributed by atoms with Crippen LogP contribution in [0.15, 0.2) is 40.9 Å². The summed E-state index contributed by atoms with van der Waals surface area (Å²) in [5.74, 6) is 0.00876. The lowest BCUT2D eigenvalue weighted by Gasteiger charge is -2.02. The molecule has 2 N–H and O–H groups in total. The summed E-state index contributed by atoms with van der Waals surface area (Å²) >= 11 is 4.94. The van der Waals surface area contributed by atoms with Gasteiger partial charge in [0.25, 0.3) is 5.91 Å². The second kappa shape index (κ2) is 9.20. The zero-order valence-electron chi connectivity index (χ0n) is 11.7. The SMILES string of the molecule is CNCCCNC(=O)c1ccc(-c2ccc(Br)cc2)s1.Cl. The first-order valence-corrected chi connectivity index (χ1v) is 8.10. The Labute approximate surface area is 143 Å². The predicted molar refractivity (Wildman–Crippen MR) is 95.6 cm³/mol. The smallest absolute Gasteiger partial charge is 0.261 e. The van der Waals surface area contributed by atoms with Gasteiger partial charge in [0, 0.05) is 15.9 Å². The van der Waals surface area contributed by atoms with E-state index in [1.54, 1.807) is 0 Å². The Morgan fingerprint density at radius 3 is 2.52 bits per heavy atom. The minimum Gasteiger partial charge on any atom is -0.351 e. The Balaban J connectivity index is 0.00000220. The second-order valence-electron chi connectivity index (χ2n) is 4.38. The lowest BCUT2D eigenvalue weighted by atomic mass is 10.2. The normalized spacial score (nSPS) is 10.0. The van der Waals surface area contributed by atoms with Crippen molar-refractivity contribution in [3.05, 3.63) is 45.7 Å². The average molecular weight is 390 g/mol. The van der Waals surface area contributed by atoms with E-state index in [0.29, 0.717) is 6.54 Å². The molecule has 1 heterocycles. The Morgan fingerprint density at radius 1 is 1.14 bits per heavy atom. The summed E-state index contributed by atoms with van der Waals surface area (Å²) in [5, 5.41) is 5.99. The first kappa shape index (κ1) is 18.2. The number of carbonyl (C=O) groups is 1. The Kier molecular flexibility index (Phi) is 7.96. The molecule has 0 unspecified atom stereocenters. The van der Waals surface area contributed by atoms with E-state index in [2.05, 4.69) is 26.6 Å². The highest BCUT2D eigenvalue weighted by Gasteiger charge is 2.09. The van der Waals surface area contributed by atoms with Crippen molar-refractivity contribution < 1.29 is 4.79 Å². The number of thiophene rings is 1. The van der Waals surface area contributed by atoms with Crippen LogP contribution in [0, 0.1) is 0 Å². The maximum absolute atomic E-state index is 12.0. The number of benzene rings is 1. The van der Waals surface area contributed by atoms with Gasteiger partial charge in [-0.1, -0.05) is 28.1 Å². The predicted octanol–water partition coefficient (Wildman–Crippen LogP) is 3.94. The average Bonchev–Trinajstić information content (AvgIpc) is 2.94. The third-order valence-corrected chi connectivity index (χ3v) is 4.51. The van der Waals surface area contributed by atoms with Crippen LogP contribution in [0.5, 0.6) is 0 Å². The summed E-state index contributed by atoms with van der Waals surface area (Å²) < 4.78 is 1.06. The molecule has 0 bridgehead atoms. The van der Waals surface area contributed by atoms with E-state index in [-0.39, 0.29) is 18.3 Å². The van der Waals surface area contributed by atoms with Gasteiger partial charge in [-0.3, -0.25) is 4.79 Å². The fourth-order valence-electron chi connectivity index (χ4n) is 1.78. The van der Waals surface area contributed by atoms with Crippen molar-refractivity contribution in [1.82, 2.24) is 10.6 Å². The number of hydrogen-bond donors (Lipinski definition) is 2. The molecule has 6 heteroatoms. The lowest BCUT2D eigenvalue weighted by Crippen LogP contribution is -2.25. The number of amides is 1. The minimum atomic E-state index is 0.